The number of ketones is 6. The lowest BCUT2D eigenvalue weighted by atomic mass is 9.40. The molecule has 0 bridgehead atoms. The third-order valence-electron chi connectivity index (χ3n) is 9.95. The first-order chi connectivity index (χ1) is 19.5. The van der Waals surface area contributed by atoms with Gasteiger partial charge in [0, 0.05) is 17.8 Å². The molecule has 0 saturated heterocycles. The lowest BCUT2D eigenvalue weighted by Gasteiger charge is -2.61. The first kappa shape index (κ1) is 29.7. The largest absolute Gasteiger partial charge is 0.507 e. The van der Waals surface area contributed by atoms with E-state index in [0.717, 1.165) is 18.1 Å². The minimum absolute atomic E-state index is 0.00448. The molecule has 0 aromatic heterocycles. The fraction of sp³-hybridized carbons (Fsp3) is 0.471. The van der Waals surface area contributed by atoms with E-state index in [4.69, 9.17) is 0 Å². The molecule has 5 rings (SSSR count). The number of aromatic hydroxyl groups is 1. The molecule has 2 aromatic carbocycles. The predicted molar refractivity (Wildman–Crippen MR) is 153 cm³/mol. The molecular formula is C34H36O8. The molecule has 42 heavy (non-hydrogen) atoms. The predicted octanol–water partition coefficient (Wildman–Crippen LogP) is 3.89. The Bertz CT molecular complexity index is 1600. The summed E-state index contributed by atoms with van der Waals surface area (Å²) in [7, 11) is 0. The van der Waals surface area contributed by atoms with Gasteiger partial charge in [-0.1, -0.05) is 58.0 Å². The number of hydrogen-bond acceptors (Lipinski definition) is 8. The minimum Gasteiger partial charge on any atom is -0.507 e. The second-order valence-electron chi connectivity index (χ2n) is 13.4. The topological polar surface area (TPSA) is 143 Å². The van der Waals surface area contributed by atoms with Crippen LogP contribution in [0.2, 0.25) is 0 Å². The van der Waals surface area contributed by atoms with E-state index in [9.17, 15) is 39.0 Å². The van der Waals surface area contributed by atoms with Gasteiger partial charge in [0.15, 0.2) is 28.7 Å². The highest BCUT2D eigenvalue weighted by atomic mass is 16.3. The SMILES string of the molecule is CC(=O)Cc1cccc(-c2ccc(O)c3c2C[C@]2(C)C[C@]4(C)C(C(C)C)C(=O)C(C(C)=O)C(=O)[C@]4(O)C(=O)C2C3=O)c1. The Kier molecular flexibility index (Phi) is 6.81. The molecule has 2 saturated carbocycles. The lowest BCUT2D eigenvalue weighted by Crippen LogP contribution is -2.76. The number of Topliss-reactive ketones (excluding diaryl/α,β-unsaturated/α-hetero) is 6. The Balaban J connectivity index is 1.72. The van der Waals surface area contributed by atoms with E-state index in [1.165, 1.54) is 13.0 Å². The number of phenolic OH excluding ortho intramolecular Hbond substituents is 1. The fourth-order valence-corrected chi connectivity index (χ4v) is 8.54. The van der Waals surface area contributed by atoms with E-state index in [1.807, 2.05) is 24.3 Å². The Hall–Kier alpha value is -3.78. The molecule has 3 unspecified atom stereocenters. The van der Waals surface area contributed by atoms with Crippen LogP contribution in [0.3, 0.4) is 0 Å². The van der Waals surface area contributed by atoms with Gasteiger partial charge in [-0.05, 0) is 66.3 Å². The van der Waals surface area contributed by atoms with Crippen LogP contribution in [0, 0.1) is 34.5 Å². The number of rotatable bonds is 5. The van der Waals surface area contributed by atoms with Gasteiger partial charge in [-0.15, -0.1) is 0 Å². The van der Waals surface area contributed by atoms with Crippen molar-refractivity contribution in [3.05, 3.63) is 53.1 Å². The molecule has 8 nitrogen and oxygen atoms in total. The van der Waals surface area contributed by atoms with Crippen molar-refractivity contribution in [2.75, 3.05) is 0 Å². The van der Waals surface area contributed by atoms with Crippen molar-refractivity contribution >= 4 is 34.7 Å². The second-order valence-corrected chi connectivity index (χ2v) is 13.4. The average molecular weight is 573 g/mol. The van der Waals surface area contributed by atoms with Crippen molar-refractivity contribution in [1.29, 1.82) is 0 Å². The van der Waals surface area contributed by atoms with Gasteiger partial charge < -0.3 is 10.2 Å². The zero-order valence-electron chi connectivity index (χ0n) is 24.7. The van der Waals surface area contributed by atoms with Crippen LogP contribution in [-0.2, 0) is 36.8 Å². The maximum atomic E-state index is 14.4. The van der Waals surface area contributed by atoms with Crippen molar-refractivity contribution in [1.82, 2.24) is 0 Å². The van der Waals surface area contributed by atoms with Crippen LogP contribution in [0.25, 0.3) is 11.1 Å². The monoisotopic (exact) mass is 572 g/mol. The first-order valence-corrected chi connectivity index (χ1v) is 14.3. The number of carbonyl (C=O) groups is 6. The number of phenols is 1. The van der Waals surface area contributed by atoms with E-state index < -0.39 is 69.0 Å². The maximum Gasteiger partial charge on any atom is 0.190 e. The summed E-state index contributed by atoms with van der Waals surface area (Å²) in [5, 5.41) is 23.0. The molecule has 2 N–H and O–H groups in total. The Labute approximate surface area is 244 Å². The molecule has 220 valence electrons. The van der Waals surface area contributed by atoms with Gasteiger partial charge in [-0.3, -0.25) is 28.8 Å². The van der Waals surface area contributed by atoms with E-state index in [0.29, 0.717) is 11.1 Å². The summed E-state index contributed by atoms with van der Waals surface area (Å²) in [5.74, 6) is -9.20. The average Bonchev–Trinajstić information content (AvgIpc) is 2.85. The zero-order chi connectivity index (χ0) is 31.1. The highest BCUT2D eigenvalue weighted by Crippen LogP contribution is 2.64. The number of carbonyl (C=O) groups excluding carboxylic acids is 6. The summed E-state index contributed by atoms with van der Waals surface area (Å²) in [6, 6.07) is 10.4. The Morgan fingerprint density at radius 1 is 1.00 bits per heavy atom. The van der Waals surface area contributed by atoms with E-state index in [1.54, 1.807) is 33.8 Å². The van der Waals surface area contributed by atoms with Crippen LogP contribution in [0.1, 0.15) is 69.4 Å². The summed E-state index contributed by atoms with van der Waals surface area (Å²) in [6.07, 6.45) is 0.376. The molecule has 0 spiro atoms. The standard InChI is InChI=1S/C34H36O8/c1-16(2)26-28(38)24(18(4)36)30(40)34(42)31(41)27-29(39)25-22(14-32(27,5)15-33(26,34)6)21(10-11-23(25)37)20-9-7-8-19(13-20)12-17(3)35/h7-11,13,16,24,26-27,37,42H,12,14-15H2,1-6H3/t24?,26?,27?,32-,33-,34+/m1/s1. The van der Waals surface area contributed by atoms with Gasteiger partial charge in [-0.2, -0.15) is 0 Å². The zero-order valence-corrected chi connectivity index (χ0v) is 24.7. The van der Waals surface area contributed by atoms with Crippen molar-refractivity contribution < 1.29 is 39.0 Å². The first-order valence-electron chi connectivity index (χ1n) is 14.3. The summed E-state index contributed by atoms with van der Waals surface area (Å²) >= 11 is 0. The maximum absolute atomic E-state index is 14.4. The highest BCUT2D eigenvalue weighted by Gasteiger charge is 2.76. The molecule has 0 heterocycles. The Morgan fingerprint density at radius 2 is 1.67 bits per heavy atom. The summed E-state index contributed by atoms with van der Waals surface area (Å²) in [6.45, 7) is 9.41. The molecule has 0 radical (unpaired) electrons. The number of fused-ring (bicyclic) bond motifs is 3. The Morgan fingerprint density at radius 3 is 2.26 bits per heavy atom. The molecule has 0 amide bonds. The van der Waals surface area contributed by atoms with Crippen molar-refractivity contribution in [3.63, 3.8) is 0 Å². The van der Waals surface area contributed by atoms with Gasteiger partial charge in [0.2, 0.25) is 0 Å². The van der Waals surface area contributed by atoms with Gasteiger partial charge in [0.05, 0.1) is 11.5 Å². The lowest BCUT2D eigenvalue weighted by molar-refractivity contribution is -0.205. The molecule has 6 atom stereocenters. The summed E-state index contributed by atoms with van der Waals surface area (Å²) in [4.78, 5) is 80.3. The van der Waals surface area contributed by atoms with Gasteiger partial charge in [0.25, 0.3) is 0 Å². The molecular weight excluding hydrogens is 536 g/mol. The highest BCUT2D eigenvalue weighted by molar-refractivity contribution is 6.32. The van der Waals surface area contributed by atoms with E-state index in [2.05, 4.69) is 0 Å². The van der Waals surface area contributed by atoms with Crippen molar-refractivity contribution in [2.24, 2.45) is 34.5 Å². The van der Waals surface area contributed by atoms with Crippen molar-refractivity contribution in [2.45, 2.75) is 66.4 Å². The van der Waals surface area contributed by atoms with E-state index >= 15 is 0 Å². The molecule has 2 aromatic rings. The molecule has 0 aliphatic heterocycles. The summed E-state index contributed by atoms with van der Waals surface area (Å²) < 4.78 is 0. The minimum atomic E-state index is -2.72. The van der Waals surface area contributed by atoms with Crippen LogP contribution in [0.5, 0.6) is 5.75 Å². The normalized spacial score (nSPS) is 32.3. The van der Waals surface area contributed by atoms with Gasteiger partial charge >= 0.3 is 0 Å². The molecule has 3 aliphatic carbocycles. The third kappa shape index (κ3) is 3.91. The number of aliphatic hydroxyl groups is 1. The molecule has 2 fully saturated rings. The van der Waals surface area contributed by atoms with Crippen LogP contribution in [-0.4, -0.2) is 50.5 Å². The van der Waals surface area contributed by atoms with Gasteiger partial charge in [-0.25, -0.2) is 0 Å². The fourth-order valence-electron chi connectivity index (χ4n) is 8.54. The molecule has 3 aliphatic rings. The van der Waals surface area contributed by atoms with Crippen LogP contribution < -0.4 is 0 Å². The third-order valence-corrected chi connectivity index (χ3v) is 9.95. The van der Waals surface area contributed by atoms with Crippen LogP contribution >= 0.6 is 0 Å². The molecule has 8 heteroatoms. The number of hydrogen-bond donors (Lipinski definition) is 2. The number of benzene rings is 2. The van der Waals surface area contributed by atoms with E-state index in [-0.39, 0.29) is 36.4 Å². The van der Waals surface area contributed by atoms with Crippen LogP contribution in [0.4, 0.5) is 0 Å². The second kappa shape index (κ2) is 9.63. The smallest absolute Gasteiger partial charge is 0.190 e. The van der Waals surface area contributed by atoms with Crippen LogP contribution in [0.15, 0.2) is 36.4 Å². The summed E-state index contributed by atoms with van der Waals surface area (Å²) in [5.41, 5.74) is -2.75. The quantitative estimate of drug-likeness (QED) is 0.514. The van der Waals surface area contributed by atoms with Gasteiger partial charge in [0.1, 0.15) is 23.2 Å². The van der Waals surface area contributed by atoms with Crippen molar-refractivity contribution in [3.8, 4) is 16.9 Å².